The maximum Gasteiger partial charge on any atom is 0.322 e. The lowest BCUT2D eigenvalue weighted by Crippen LogP contribution is -2.44. The van der Waals surface area contributed by atoms with Gasteiger partial charge in [-0.15, -0.1) is 10.2 Å². The summed E-state index contributed by atoms with van der Waals surface area (Å²) in [7, 11) is -4.02. The highest BCUT2D eigenvalue weighted by Crippen LogP contribution is 2.33. The molecule has 1 atom stereocenters. The molecule has 0 saturated carbocycles. The van der Waals surface area contributed by atoms with Crippen molar-refractivity contribution in [2.24, 2.45) is 5.92 Å². The van der Waals surface area contributed by atoms with Crippen molar-refractivity contribution in [3.63, 3.8) is 0 Å². The Morgan fingerprint density at radius 2 is 1.63 bits per heavy atom. The number of aromatic amines is 1. The number of furan rings is 1. The van der Waals surface area contributed by atoms with Gasteiger partial charge in [0, 0.05) is 22.2 Å². The molecular formula is C28H26N6O6S. The van der Waals surface area contributed by atoms with Crippen LogP contribution in [0.25, 0.3) is 33.5 Å². The number of aliphatic carboxylic acids is 1. The second-order valence-electron chi connectivity index (χ2n) is 9.71. The third kappa shape index (κ3) is 5.58. The Balaban J connectivity index is 1.31. The number of rotatable bonds is 9. The average molecular weight is 575 g/mol. The summed E-state index contributed by atoms with van der Waals surface area (Å²) in [4.78, 5) is 24.5. The molecule has 0 radical (unpaired) electrons. The van der Waals surface area contributed by atoms with Crippen molar-refractivity contribution in [1.82, 2.24) is 25.3 Å². The number of hydrogen-bond donors (Lipinski definition) is 4. The minimum Gasteiger partial charge on any atom is -0.480 e. The van der Waals surface area contributed by atoms with E-state index < -0.39 is 33.9 Å². The first-order valence-electron chi connectivity index (χ1n) is 12.6. The number of tetrazole rings is 1. The summed E-state index contributed by atoms with van der Waals surface area (Å²) >= 11 is 0. The van der Waals surface area contributed by atoms with Crippen LogP contribution in [-0.2, 0) is 14.8 Å². The highest BCUT2D eigenvalue weighted by atomic mass is 32.2. The fourth-order valence-corrected chi connectivity index (χ4v) is 5.79. The Morgan fingerprint density at radius 1 is 0.976 bits per heavy atom. The fourth-order valence-electron chi connectivity index (χ4n) is 4.45. The normalized spacial score (nSPS) is 12.5. The Bertz CT molecular complexity index is 1830. The van der Waals surface area contributed by atoms with E-state index in [0.29, 0.717) is 28.2 Å². The topological polar surface area (TPSA) is 180 Å². The predicted molar refractivity (Wildman–Crippen MR) is 151 cm³/mol. The predicted octanol–water partition coefficient (Wildman–Crippen LogP) is 4.23. The molecule has 13 heteroatoms. The average Bonchev–Trinajstić information content (AvgIpc) is 3.60. The van der Waals surface area contributed by atoms with Gasteiger partial charge in [-0.2, -0.15) is 9.94 Å². The summed E-state index contributed by atoms with van der Waals surface area (Å²) in [6.07, 6.45) is 0. The maximum absolute atomic E-state index is 13.1. The van der Waals surface area contributed by atoms with Crippen LogP contribution in [0.2, 0.25) is 0 Å². The van der Waals surface area contributed by atoms with Gasteiger partial charge in [0.15, 0.2) is 5.76 Å². The molecule has 2 heterocycles. The quantitative estimate of drug-likeness (QED) is 0.200. The monoisotopic (exact) mass is 574 g/mol. The van der Waals surface area contributed by atoms with Crippen molar-refractivity contribution in [2.45, 2.75) is 31.7 Å². The molecule has 0 aliphatic rings. The lowest BCUT2D eigenvalue weighted by molar-refractivity contribution is -0.140. The number of aryl methyl sites for hydroxylation is 1. The zero-order valence-corrected chi connectivity index (χ0v) is 23.1. The number of amides is 1. The van der Waals surface area contributed by atoms with Crippen LogP contribution in [0.5, 0.6) is 0 Å². The van der Waals surface area contributed by atoms with Crippen molar-refractivity contribution in [1.29, 1.82) is 0 Å². The first-order chi connectivity index (χ1) is 19.5. The lowest BCUT2D eigenvalue weighted by atomic mass is 10.0. The summed E-state index contributed by atoms with van der Waals surface area (Å²) < 4.78 is 33.5. The van der Waals surface area contributed by atoms with Crippen molar-refractivity contribution in [3.8, 4) is 22.5 Å². The largest absolute Gasteiger partial charge is 0.480 e. The van der Waals surface area contributed by atoms with Crippen molar-refractivity contribution >= 4 is 38.6 Å². The first-order valence-corrected chi connectivity index (χ1v) is 14.1. The van der Waals surface area contributed by atoms with Crippen LogP contribution in [0, 0.1) is 12.8 Å². The molecule has 0 aliphatic heterocycles. The summed E-state index contributed by atoms with van der Waals surface area (Å²) in [6.45, 7) is 5.04. The van der Waals surface area contributed by atoms with E-state index in [9.17, 15) is 23.1 Å². The van der Waals surface area contributed by atoms with Gasteiger partial charge in [0.25, 0.3) is 5.91 Å². The Labute approximate surface area is 234 Å². The minimum atomic E-state index is -4.02. The molecule has 0 bridgehead atoms. The van der Waals surface area contributed by atoms with Crippen LogP contribution < -0.4 is 10.0 Å². The Hall–Kier alpha value is -4.88. The van der Waals surface area contributed by atoms with Crippen molar-refractivity contribution < 1.29 is 27.5 Å². The van der Waals surface area contributed by atoms with E-state index in [1.165, 1.54) is 12.1 Å². The van der Waals surface area contributed by atoms with E-state index in [-0.39, 0.29) is 10.7 Å². The zero-order chi connectivity index (χ0) is 29.3. The summed E-state index contributed by atoms with van der Waals surface area (Å²) in [5, 5.41) is 27.0. The summed E-state index contributed by atoms with van der Waals surface area (Å²) in [5.41, 5.74) is 3.92. The number of carboxylic acids is 1. The first kappa shape index (κ1) is 27.7. The van der Waals surface area contributed by atoms with Gasteiger partial charge in [-0.3, -0.25) is 9.59 Å². The maximum atomic E-state index is 13.1. The number of sulfonamides is 1. The molecule has 41 heavy (non-hydrogen) atoms. The smallest absolute Gasteiger partial charge is 0.322 e. The highest BCUT2D eigenvalue weighted by Gasteiger charge is 2.28. The van der Waals surface area contributed by atoms with E-state index in [0.717, 1.165) is 16.5 Å². The van der Waals surface area contributed by atoms with Gasteiger partial charge < -0.3 is 14.8 Å². The van der Waals surface area contributed by atoms with Gasteiger partial charge in [0.1, 0.15) is 11.6 Å². The molecular weight excluding hydrogens is 548 g/mol. The molecule has 5 aromatic rings. The lowest BCUT2D eigenvalue weighted by Gasteiger charge is -2.18. The third-order valence-corrected chi connectivity index (χ3v) is 8.06. The third-order valence-electron chi connectivity index (χ3n) is 6.60. The molecule has 1 unspecified atom stereocenters. The van der Waals surface area contributed by atoms with Crippen LogP contribution in [0.15, 0.2) is 76.0 Å². The Morgan fingerprint density at radius 3 is 2.22 bits per heavy atom. The second-order valence-corrected chi connectivity index (χ2v) is 11.4. The van der Waals surface area contributed by atoms with Gasteiger partial charge in [-0.1, -0.05) is 50.2 Å². The van der Waals surface area contributed by atoms with E-state index in [1.807, 2.05) is 6.07 Å². The minimum absolute atomic E-state index is 0.0410. The highest BCUT2D eigenvalue weighted by molar-refractivity contribution is 7.89. The number of carbonyl (C=O) groups excluding carboxylic acids is 1. The molecule has 0 fully saturated rings. The van der Waals surface area contributed by atoms with Crippen LogP contribution in [0.1, 0.15) is 30.0 Å². The van der Waals surface area contributed by atoms with Gasteiger partial charge in [0.05, 0.1) is 4.90 Å². The molecule has 3 aromatic carbocycles. The number of nitrogens with one attached hydrogen (secondary N) is 3. The van der Waals surface area contributed by atoms with E-state index in [4.69, 9.17) is 4.42 Å². The Kier molecular flexibility index (Phi) is 7.39. The van der Waals surface area contributed by atoms with Crippen molar-refractivity contribution in [2.75, 3.05) is 5.32 Å². The molecule has 0 spiro atoms. The molecule has 0 saturated heterocycles. The van der Waals surface area contributed by atoms with E-state index in [1.54, 1.807) is 69.3 Å². The molecule has 2 aromatic heterocycles. The molecule has 12 nitrogen and oxygen atoms in total. The number of aromatic nitrogens is 4. The number of hydrogen-bond acceptors (Lipinski definition) is 8. The number of nitrogens with zero attached hydrogens (tertiary/aromatic N) is 3. The summed E-state index contributed by atoms with van der Waals surface area (Å²) in [5.74, 6) is -1.53. The SMILES string of the molecule is Cc1c(C(=O)Nc2ccc(-c3ccc(S(=O)(=O)NC(C(=O)O)C(C)C)cc3)cc2)oc2cccc(-c3nn[nH]n3)c12. The van der Waals surface area contributed by atoms with Crippen LogP contribution in [-0.4, -0.2) is 52.1 Å². The molecule has 210 valence electrons. The molecule has 0 aliphatic carbocycles. The van der Waals surface area contributed by atoms with Crippen LogP contribution in [0.4, 0.5) is 5.69 Å². The molecule has 1 amide bonds. The fraction of sp³-hybridized carbons (Fsp3) is 0.179. The van der Waals surface area contributed by atoms with Gasteiger partial charge in [-0.05, 0) is 59.5 Å². The van der Waals surface area contributed by atoms with Crippen molar-refractivity contribution in [3.05, 3.63) is 78.1 Å². The van der Waals surface area contributed by atoms with Gasteiger partial charge in [0.2, 0.25) is 15.8 Å². The van der Waals surface area contributed by atoms with Gasteiger partial charge in [-0.25, -0.2) is 8.42 Å². The summed E-state index contributed by atoms with van der Waals surface area (Å²) in [6, 6.07) is 17.3. The number of carbonyl (C=O) groups is 2. The van der Waals surface area contributed by atoms with E-state index in [2.05, 4.69) is 30.7 Å². The number of benzene rings is 3. The van der Waals surface area contributed by atoms with E-state index >= 15 is 0 Å². The second kappa shape index (κ2) is 10.9. The molecule has 5 rings (SSSR count). The van der Waals surface area contributed by atoms with Crippen LogP contribution >= 0.6 is 0 Å². The number of H-pyrrole nitrogens is 1. The zero-order valence-electron chi connectivity index (χ0n) is 22.2. The van der Waals surface area contributed by atoms with Crippen LogP contribution in [0.3, 0.4) is 0 Å². The van der Waals surface area contributed by atoms with Gasteiger partial charge >= 0.3 is 5.97 Å². The number of fused-ring (bicyclic) bond motifs is 1. The standard InChI is InChI=1S/C28H26N6O6S/c1-15(2)24(28(36)37)32-41(38,39)20-13-9-18(10-14-20)17-7-11-19(12-8-17)29-27(35)25-16(3)23-21(26-30-33-34-31-26)5-4-6-22(23)40-25/h4-15,24,32H,1-3H3,(H,29,35)(H,36,37)(H,30,31,33,34). The molecule has 4 N–H and O–H groups in total. The number of anilines is 1. The number of carboxylic acid groups (broad SMARTS) is 1.